The van der Waals surface area contributed by atoms with Gasteiger partial charge in [0.1, 0.15) is 5.76 Å². The molecule has 0 saturated heterocycles. The summed E-state index contributed by atoms with van der Waals surface area (Å²) in [6, 6.07) is 7.40. The van der Waals surface area contributed by atoms with Crippen LogP contribution in [0, 0.1) is 0 Å². The minimum absolute atomic E-state index is 0.00984. The molecule has 0 fully saturated rings. The molecule has 0 radical (unpaired) electrons. The van der Waals surface area contributed by atoms with E-state index in [4.69, 9.17) is 4.42 Å². The zero-order valence-corrected chi connectivity index (χ0v) is 16.3. The predicted octanol–water partition coefficient (Wildman–Crippen LogP) is 1.28. The fourth-order valence-corrected chi connectivity index (χ4v) is 3.30. The molecule has 0 saturated carbocycles. The average Bonchev–Trinajstić information content (AvgIpc) is 3.37. The fourth-order valence-electron chi connectivity index (χ4n) is 2.42. The van der Waals surface area contributed by atoms with Gasteiger partial charge in [0.25, 0.3) is 0 Å². The summed E-state index contributed by atoms with van der Waals surface area (Å²) in [6.45, 7) is 0.435. The SMILES string of the molecule is CNC(=O)CN(C)C(=O)CSc1nnc(-c2cccnc2)n1Cc1ccco1. The van der Waals surface area contributed by atoms with Crippen molar-refractivity contribution in [3.8, 4) is 11.4 Å². The molecular formula is C18H20N6O3S. The van der Waals surface area contributed by atoms with E-state index in [0.717, 1.165) is 11.3 Å². The molecule has 2 amide bonds. The van der Waals surface area contributed by atoms with E-state index in [9.17, 15) is 9.59 Å². The molecule has 0 aliphatic rings. The number of carbonyl (C=O) groups is 2. The van der Waals surface area contributed by atoms with Crippen molar-refractivity contribution < 1.29 is 14.0 Å². The number of nitrogens with one attached hydrogen (secondary N) is 1. The van der Waals surface area contributed by atoms with E-state index < -0.39 is 0 Å². The van der Waals surface area contributed by atoms with Crippen molar-refractivity contribution in [2.24, 2.45) is 0 Å². The van der Waals surface area contributed by atoms with Crippen LogP contribution in [-0.2, 0) is 16.1 Å². The summed E-state index contributed by atoms with van der Waals surface area (Å²) < 4.78 is 7.33. The lowest BCUT2D eigenvalue weighted by Gasteiger charge is -2.15. The molecule has 0 atom stereocenters. The van der Waals surface area contributed by atoms with Gasteiger partial charge >= 0.3 is 0 Å². The average molecular weight is 400 g/mol. The van der Waals surface area contributed by atoms with Crippen molar-refractivity contribution in [3.63, 3.8) is 0 Å². The molecule has 28 heavy (non-hydrogen) atoms. The number of rotatable bonds is 8. The molecule has 0 aliphatic heterocycles. The van der Waals surface area contributed by atoms with Gasteiger partial charge in [-0.05, 0) is 24.3 Å². The van der Waals surface area contributed by atoms with Gasteiger partial charge in [-0.1, -0.05) is 11.8 Å². The minimum atomic E-state index is -0.222. The van der Waals surface area contributed by atoms with Crippen LogP contribution in [0.25, 0.3) is 11.4 Å². The summed E-state index contributed by atoms with van der Waals surface area (Å²) in [7, 11) is 3.12. The van der Waals surface area contributed by atoms with Crippen molar-refractivity contribution >= 4 is 23.6 Å². The molecule has 9 nitrogen and oxygen atoms in total. The molecule has 0 aliphatic carbocycles. The highest BCUT2D eigenvalue weighted by Gasteiger charge is 2.19. The van der Waals surface area contributed by atoms with Crippen LogP contribution in [0.2, 0.25) is 0 Å². The molecular weight excluding hydrogens is 380 g/mol. The van der Waals surface area contributed by atoms with Gasteiger partial charge in [-0.2, -0.15) is 0 Å². The lowest BCUT2D eigenvalue weighted by atomic mass is 10.2. The highest BCUT2D eigenvalue weighted by molar-refractivity contribution is 7.99. The quantitative estimate of drug-likeness (QED) is 0.568. The Labute approximate surface area is 166 Å². The summed E-state index contributed by atoms with van der Waals surface area (Å²) in [5, 5.41) is 11.6. The van der Waals surface area contributed by atoms with E-state index in [1.165, 1.54) is 23.7 Å². The van der Waals surface area contributed by atoms with Gasteiger partial charge in [0, 0.05) is 32.1 Å². The second-order valence-corrected chi connectivity index (χ2v) is 6.87. The first kappa shape index (κ1) is 19.6. The topological polar surface area (TPSA) is 106 Å². The first-order valence-corrected chi connectivity index (χ1v) is 9.50. The van der Waals surface area contributed by atoms with Gasteiger partial charge in [-0.25, -0.2) is 0 Å². The normalized spacial score (nSPS) is 10.6. The molecule has 3 heterocycles. The molecule has 0 unspecified atom stereocenters. The Morgan fingerprint density at radius 3 is 2.82 bits per heavy atom. The third-order valence-electron chi connectivity index (χ3n) is 3.94. The van der Waals surface area contributed by atoms with Crippen LogP contribution >= 0.6 is 11.8 Å². The number of carbonyl (C=O) groups excluding carboxylic acids is 2. The van der Waals surface area contributed by atoms with E-state index in [0.29, 0.717) is 17.5 Å². The van der Waals surface area contributed by atoms with Crippen LogP contribution in [0.5, 0.6) is 0 Å². The van der Waals surface area contributed by atoms with Crippen LogP contribution in [0.4, 0.5) is 0 Å². The summed E-state index contributed by atoms with van der Waals surface area (Å²) in [5.74, 6) is 1.12. The Kier molecular flexibility index (Phi) is 6.43. The number of nitrogens with zero attached hydrogens (tertiary/aromatic N) is 5. The maximum absolute atomic E-state index is 12.3. The number of amides is 2. The molecule has 3 rings (SSSR count). The van der Waals surface area contributed by atoms with Gasteiger partial charge in [0.15, 0.2) is 11.0 Å². The van der Waals surface area contributed by atoms with Crippen molar-refractivity contribution in [1.29, 1.82) is 0 Å². The maximum Gasteiger partial charge on any atom is 0.239 e. The Balaban J connectivity index is 1.78. The molecule has 3 aromatic heterocycles. The van der Waals surface area contributed by atoms with Crippen LogP contribution in [0.15, 0.2) is 52.5 Å². The summed E-state index contributed by atoms with van der Waals surface area (Å²) >= 11 is 1.26. The maximum atomic E-state index is 12.3. The number of hydrogen-bond donors (Lipinski definition) is 1. The molecule has 146 valence electrons. The van der Waals surface area contributed by atoms with Crippen molar-refractivity contribution in [3.05, 3.63) is 48.7 Å². The fraction of sp³-hybridized carbons (Fsp3) is 0.278. The number of hydrogen-bond acceptors (Lipinski definition) is 7. The molecule has 1 N–H and O–H groups in total. The number of thioether (sulfide) groups is 1. The first-order valence-electron chi connectivity index (χ1n) is 8.51. The van der Waals surface area contributed by atoms with Crippen LogP contribution < -0.4 is 5.32 Å². The van der Waals surface area contributed by atoms with E-state index >= 15 is 0 Å². The lowest BCUT2D eigenvalue weighted by Crippen LogP contribution is -2.37. The van der Waals surface area contributed by atoms with Crippen molar-refractivity contribution in [2.75, 3.05) is 26.4 Å². The van der Waals surface area contributed by atoms with Gasteiger partial charge in [0.2, 0.25) is 11.8 Å². The Morgan fingerprint density at radius 2 is 2.14 bits per heavy atom. The zero-order valence-electron chi connectivity index (χ0n) is 15.5. The number of aromatic nitrogens is 4. The van der Waals surface area contributed by atoms with Crippen LogP contribution in [0.3, 0.4) is 0 Å². The third kappa shape index (κ3) is 4.77. The first-order chi connectivity index (χ1) is 13.6. The van der Waals surface area contributed by atoms with E-state index in [2.05, 4.69) is 20.5 Å². The molecule has 3 aromatic rings. The standard InChI is InChI=1S/C18H20N6O3S/c1-19-15(25)11-23(2)16(26)12-28-18-22-21-17(13-5-3-7-20-9-13)24(18)10-14-6-4-8-27-14/h3-9H,10-12H2,1-2H3,(H,19,25). The largest absolute Gasteiger partial charge is 0.467 e. The lowest BCUT2D eigenvalue weighted by molar-refractivity contribution is -0.132. The summed E-state index contributed by atoms with van der Waals surface area (Å²) in [6.07, 6.45) is 5.00. The van der Waals surface area contributed by atoms with Crippen molar-refractivity contribution in [1.82, 2.24) is 30.0 Å². The number of furan rings is 1. The van der Waals surface area contributed by atoms with Crippen molar-refractivity contribution in [2.45, 2.75) is 11.7 Å². The summed E-state index contributed by atoms with van der Waals surface area (Å²) in [4.78, 5) is 29.3. The Morgan fingerprint density at radius 1 is 1.29 bits per heavy atom. The van der Waals surface area contributed by atoms with E-state index in [-0.39, 0.29) is 24.1 Å². The highest BCUT2D eigenvalue weighted by Crippen LogP contribution is 2.25. The Hall–Kier alpha value is -3.14. The number of pyridine rings is 1. The molecule has 10 heteroatoms. The second-order valence-electron chi connectivity index (χ2n) is 5.93. The molecule has 0 bridgehead atoms. The molecule has 0 aromatic carbocycles. The van der Waals surface area contributed by atoms with Gasteiger partial charge in [0.05, 0.1) is 25.1 Å². The predicted molar refractivity (Wildman–Crippen MR) is 103 cm³/mol. The Bertz CT molecular complexity index is 926. The van der Waals surface area contributed by atoms with Crippen LogP contribution in [-0.4, -0.2) is 62.9 Å². The van der Waals surface area contributed by atoms with E-state index in [1.54, 1.807) is 25.7 Å². The van der Waals surface area contributed by atoms with E-state index in [1.807, 2.05) is 28.8 Å². The highest BCUT2D eigenvalue weighted by atomic mass is 32.2. The minimum Gasteiger partial charge on any atom is -0.467 e. The zero-order chi connectivity index (χ0) is 19.9. The van der Waals surface area contributed by atoms with Gasteiger partial charge < -0.3 is 14.6 Å². The number of likely N-dealkylation sites (N-methyl/N-ethyl adjacent to an activating group) is 2. The second kappa shape index (κ2) is 9.18. The molecule has 0 spiro atoms. The summed E-state index contributed by atoms with van der Waals surface area (Å²) in [5.41, 5.74) is 0.816. The van der Waals surface area contributed by atoms with Gasteiger partial charge in [-0.15, -0.1) is 10.2 Å². The smallest absolute Gasteiger partial charge is 0.239 e. The monoisotopic (exact) mass is 400 g/mol. The van der Waals surface area contributed by atoms with Gasteiger partial charge in [-0.3, -0.25) is 19.1 Å². The van der Waals surface area contributed by atoms with Crippen LogP contribution in [0.1, 0.15) is 5.76 Å². The third-order valence-corrected chi connectivity index (χ3v) is 4.89.